The Kier molecular flexibility index (Phi) is 6.36. The summed E-state index contributed by atoms with van der Waals surface area (Å²) in [4.78, 5) is 31.2. The number of hydrogen-bond donors (Lipinski definition) is 4. The van der Waals surface area contributed by atoms with Gasteiger partial charge in [-0.15, -0.1) is 0 Å². The molecular formula is C27H31N5O4S. The first-order valence-corrected chi connectivity index (χ1v) is 13.5. The number of amides is 3. The van der Waals surface area contributed by atoms with Crippen LogP contribution in [0.3, 0.4) is 0 Å². The quantitative estimate of drug-likeness (QED) is 0.479. The Labute approximate surface area is 220 Å². The molecule has 10 heteroatoms. The van der Waals surface area contributed by atoms with Gasteiger partial charge in [0.25, 0.3) is 5.91 Å². The summed E-state index contributed by atoms with van der Waals surface area (Å²) < 4.78 is 5.98. The minimum atomic E-state index is -0.604. The van der Waals surface area contributed by atoms with Crippen molar-refractivity contribution >= 4 is 29.4 Å². The standard InChI is InChI=1S/C27H31N5O4S/c1-15-12-17(36-16-6-4-3-5-7-16)8-9-19(15)32-20-10-11-28-26-22(20)23(30-27(32)35)24(37-26)25(34)29-18-13-31(2)14-21(18)33/h3-9,12,18,20-22,26,28,33H,10-11,13-14H2,1-2H3,(H,29,34)(H,30,35)/t18-,20?,21+,22?,26?/m0/s1. The SMILES string of the molecule is Cc1cc(Oc2ccccc2)ccc1N1C(=O)NC2=C(C(=O)N[C@H]3CN(C)C[C@H]3O)SC3NCCC1C23. The van der Waals surface area contributed by atoms with Gasteiger partial charge in [-0.2, -0.15) is 0 Å². The van der Waals surface area contributed by atoms with Crippen LogP contribution < -0.4 is 25.6 Å². The number of thioether (sulfide) groups is 1. The first-order chi connectivity index (χ1) is 17.9. The third-order valence-electron chi connectivity index (χ3n) is 7.54. The molecule has 0 spiro atoms. The number of aliphatic hydroxyl groups excluding tert-OH is 1. The predicted molar refractivity (Wildman–Crippen MR) is 142 cm³/mol. The summed E-state index contributed by atoms with van der Waals surface area (Å²) in [6.07, 6.45) is 0.175. The first-order valence-electron chi connectivity index (χ1n) is 12.6. The van der Waals surface area contributed by atoms with Gasteiger partial charge in [0.15, 0.2) is 0 Å². The molecule has 0 saturated carbocycles. The molecule has 0 bridgehead atoms. The average molecular weight is 522 g/mol. The van der Waals surface area contributed by atoms with Crippen molar-refractivity contribution in [3.8, 4) is 11.5 Å². The second-order valence-electron chi connectivity index (χ2n) is 10.1. The van der Waals surface area contributed by atoms with Crippen LogP contribution in [-0.4, -0.2) is 72.2 Å². The van der Waals surface area contributed by atoms with E-state index in [0.717, 1.165) is 30.0 Å². The summed E-state index contributed by atoms with van der Waals surface area (Å²) in [5.41, 5.74) is 2.46. The fraction of sp³-hybridized carbons (Fsp3) is 0.407. The summed E-state index contributed by atoms with van der Waals surface area (Å²) in [7, 11) is 1.92. The molecule has 0 aromatic heterocycles. The summed E-state index contributed by atoms with van der Waals surface area (Å²) in [6, 6.07) is 14.7. The molecule has 194 valence electrons. The molecule has 5 atom stereocenters. The third-order valence-corrected chi connectivity index (χ3v) is 8.90. The van der Waals surface area contributed by atoms with Gasteiger partial charge < -0.3 is 30.7 Å². The van der Waals surface area contributed by atoms with E-state index in [2.05, 4.69) is 16.0 Å². The van der Waals surface area contributed by atoms with E-state index in [9.17, 15) is 14.7 Å². The molecule has 3 fully saturated rings. The average Bonchev–Trinajstić information content (AvgIpc) is 3.40. The molecule has 3 saturated heterocycles. The molecule has 2 aromatic rings. The number of nitrogens with zero attached hydrogens (tertiary/aromatic N) is 2. The van der Waals surface area contributed by atoms with Crippen LogP contribution in [0.2, 0.25) is 0 Å². The molecule has 4 N–H and O–H groups in total. The van der Waals surface area contributed by atoms with Crippen LogP contribution in [-0.2, 0) is 4.79 Å². The molecule has 3 amide bonds. The Morgan fingerprint density at radius 1 is 1.16 bits per heavy atom. The minimum absolute atomic E-state index is 0.00484. The number of likely N-dealkylation sites (N-methyl/N-ethyl adjacent to an activating group) is 1. The highest BCUT2D eigenvalue weighted by Crippen LogP contribution is 2.48. The van der Waals surface area contributed by atoms with Crippen molar-refractivity contribution < 1.29 is 19.4 Å². The van der Waals surface area contributed by atoms with E-state index in [1.807, 2.05) is 72.3 Å². The van der Waals surface area contributed by atoms with Crippen LogP contribution in [0.5, 0.6) is 11.5 Å². The van der Waals surface area contributed by atoms with Gasteiger partial charge in [0, 0.05) is 30.4 Å². The summed E-state index contributed by atoms with van der Waals surface area (Å²) in [6.45, 7) is 3.86. The van der Waals surface area contributed by atoms with E-state index in [0.29, 0.717) is 29.4 Å². The molecule has 4 aliphatic rings. The number of hydrogen-bond acceptors (Lipinski definition) is 7. The fourth-order valence-electron chi connectivity index (χ4n) is 5.84. The molecule has 3 unspecified atom stereocenters. The number of urea groups is 1. The lowest BCUT2D eigenvalue weighted by atomic mass is 9.86. The number of piperidine rings is 1. The highest BCUT2D eigenvalue weighted by atomic mass is 32.2. The molecule has 4 heterocycles. The van der Waals surface area contributed by atoms with E-state index >= 15 is 0 Å². The van der Waals surface area contributed by atoms with Gasteiger partial charge >= 0.3 is 6.03 Å². The third kappa shape index (κ3) is 4.48. The molecule has 4 aliphatic heterocycles. The molecule has 6 rings (SSSR count). The van der Waals surface area contributed by atoms with Crippen molar-refractivity contribution in [1.82, 2.24) is 20.9 Å². The van der Waals surface area contributed by atoms with Crippen LogP contribution in [0.1, 0.15) is 12.0 Å². The van der Waals surface area contributed by atoms with Gasteiger partial charge in [0.2, 0.25) is 0 Å². The summed E-state index contributed by atoms with van der Waals surface area (Å²) in [5.74, 6) is 1.20. The van der Waals surface area contributed by atoms with Crippen LogP contribution >= 0.6 is 11.8 Å². The fourth-order valence-corrected chi connectivity index (χ4v) is 7.24. The topological polar surface area (TPSA) is 106 Å². The Morgan fingerprint density at radius 2 is 1.97 bits per heavy atom. The number of likely N-dealkylation sites (tertiary alicyclic amines) is 1. The number of aliphatic hydroxyl groups is 1. The van der Waals surface area contributed by atoms with Crippen molar-refractivity contribution in [1.29, 1.82) is 0 Å². The van der Waals surface area contributed by atoms with Crippen molar-refractivity contribution in [3.05, 3.63) is 64.7 Å². The van der Waals surface area contributed by atoms with Crippen molar-refractivity contribution in [2.45, 2.75) is 36.9 Å². The smallest absolute Gasteiger partial charge is 0.326 e. The van der Waals surface area contributed by atoms with Crippen molar-refractivity contribution in [3.63, 3.8) is 0 Å². The minimum Gasteiger partial charge on any atom is -0.457 e. The van der Waals surface area contributed by atoms with Crippen LogP contribution in [0.4, 0.5) is 10.5 Å². The number of ether oxygens (including phenoxy) is 1. The number of carbonyl (C=O) groups excluding carboxylic acids is 2. The highest BCUT2D eigenvalue weighted by Gasteiger charge is 2.52. The Bertz CT molecular complexity index is 1250. The number of para-hydroxylation sites is 1. The van der Waals surface area contributed by atoms with Gasteiger partial charge in [-0.3, -0.25) is 9.69 Å². The number of anilines is 1. The lowest BCUT2D eigenvalue weighted by molar-refractivity contribution is -0.118. The first kappa shape index (κ1) is 24.3. The zero-order valence-corrected chi connectivity index (χ0v) is 21.6. The number of aryl methyl sites for hydroxylation is 1. The number of carbonyl (C=O) groups is 2. The molecule has 0 radical (unpaired) electrons. The maximum atomic E-state index is 13.5. The lowest BCUT2D eigenvalue weighted by Gasteiger charge is -2.46. The van der Waals surface area contributed by atoms with Gasteiger partial charge in [-0.05, 0) is 62.8 Å². The molecule has 37 heavy (non-hydrogen) atoms. The zero-order chi connectivity index (χ0) is 25.7. The molecule has 9 nitrogen and oxygen atoms in total. The van der Waals surface area contributed by atoms with Gasteiger partial charge in [0.1, 0.15) is 11.5 Å². The summed E-state index contributed by atoms with van der Waals surface area (Å²) in [5, 5.41) is 19.9. The number of benzene rings is 2. The Balaban J connectivity index is 1.25. The van der Waals surface area contributed by atoms with Gasteiger partial charge in [0.05, 0.1) is 28.5 Å². The predicted octanol–water partition coefficient (Wildman–Crippen LogP) is 2.37. The van der Waals surface area contributed by atoms with Crippen LogP contribution in [0.15, 0.2) is 59.1 Å². The zero-order valence-electron chi connectivity index (χ0n) is 20.8. The second kappa shape index (κ2) is 9.68. The van der Waals surface area contributed by atoms with E-state index in [-0.39, 0.29) is 35.3 Å². The van der Waals surface area contributed by atoms with E-state index in [1.54, 1.807) is 0 Å². The molecule has 2 aromatic carbocycles. The largest absolute Gasteiger partial charge is 0.457 e. The van der Waals surface area contributed by atoms with Crippen molar-refractivity contribution in [2.75, 3.05) is 31.6 Å². The van der Waals surface area contributed by atoms with Crippen LogP contribution in [0, 0.1) is 12.8 Å². The van der Waals surface area contributed by atoms with Crippen LogP contribution in [0.25, 0.3) is 0 Å². The number of rotatable bonds is 5. The second-order valence-corrected chi connectivity index (χ2v) is 11.3. The Hall–Kier alpha value is -3.05. The van der Waals surface area contributed by atoms with E-state index in [4.69, 9.17) is 4.74 Å². The lowest BCUT2D eigenvalue weighted by Crippen LogP contribution is -2.62. The molecular weight excluding hydrogens is 490 g/mol. The number of nitrogens with one attached hydrogen (secondary N) is 3. The molecule has 0 aliphatic carbocycles. The highest BCUT2D eigenvalue weighted by molar-refractivity contribution is 8.04. The maximum absolute atomic E-state index is 13.5. The maximum Gasteiger partial charge on any atom is 0.326 e. The normalized spacial score (nSPS) is 29.2. The Morgan fingerprint density at radius 3 is 2.70 bits per heavy atom. The van der Waals surface area contributed by atoms with E-state index in [1.165, 1.54) is 11.8 Å². The number of β-amino-alcohol motifs (C(OH)–C–C–N with tert-alkyl or cyclic N) is 1. The van der Waals surface area contributed by atoms with Crippen molar-refractivity contribution in [2.24, 2.45) is 5.92 Å². The van der Waals surface area contributed by atoms with Gasteiger partial charge in [-0.1, -0.05) is 30.0 Å². The summed E-state index contributed by atoms with van der Waals surface area (Å²) >= 11 is 1.47. The van der Waals surface area contributed by atoms with Gasteiger partial charge in [-0.25, -0.2) is 4.79 Å². The van der Waals surface area contributed by atoms with E-state index < -0.39 is 6.10 Å². The monoisotopic (exact) mass is 521 g/mol.